The van der Waals surface area contributed by atoms with Gasteiger partial charge in [0.1, 0.15) is 5.75 Å². The lowest BCUT2D eigenvalue weighted by Crippen LogP contribution is -2.44. The summed E-state index contributed by atoms with van der Waals surface area (Å²) in [5.74, 6) is 2.04. The van der Waals surface area contributed by atoms with E-state index in [4.69, 9.17) is 4.74 Å². The van der Waals surface area contributed by atoms with Crippen molar-refractivity contribution in [3.8, 4) is 5.75 Å². The molecule has 152 valence electrons. The third-order valence-electron chi connectivity index (χ3n) is 6.70. The molecule has 4 rings (SSSR count). The van der Waals surface area contributed by atoms with Gasteiger partial charge in [-0.2, -0.15) is 0 Å². The van der Waals surface area contributed by atoms with Crippen LogP contribution in [0.1, 0.15) is 44.6 Å². The summed E-state index contributed by atoms with van der Waals surface area (Å²) >= 11 is 0. The van der Waals surface area contributed by atoms with Crippen molar-refractivity contribution in [2.24, 2.45) is 11.8 Å². The molecule has 1 N–H and O–H groups in total. The first-order valence-corrected chi connectivity index (χ1v) is 10.8. The van der Waals surface area contributed by atoms with Crippen molar-refractivity contribution in [3.05, 3.63) is 48.5 Å². The van der Waals surface area contributed by atoms with Gasteiger partial charge in [-0.3, -0.25) is 4.90 Å². The molecule has 2 heterocycles. The predicted octanol–water partition coefficient (Wildman–Crippen LogP) is 3.73. The fourth-order valence-electron chi connectivity index (χ4n) is 5.13. The number of nitrogens with zero attached hydrogens (tertiary/aromatic N) is 3. The van der Waals surface area contributed by atoms with Gasteiger partial charge < -0.3 is 14.4 Å². The highest BCUT2D eigenvalue weighted by atomic mass is 16.5. The number of aryl methyl sites for hydroxylation is 1. The molecule has 0 radical (unpaired) electrons. The van der Waals surface area contributed by atoms with Crippen molar-refractivity contribution in [1.29, 1.82) is 0 Å². The van der Waals surface area contributed by atoms with Crippen LogP contribution in [0.15, 0.2) is 43.0 Å². The molecular weight excluding hydrogens is 350 g/mol. The number of aromatic nitrogens is 2. The minimum atomic E-state index is -0.447. The second-order valence-corrected chi connectivity index (χ2v) is 8.56. The predicted molar refractivity (Wildman–Crippen MR) is 110 cm³/mol. The van der Waals surface area contributed by atoms with Gasteiger partial charge in [0, 0.05) is 44.5 Å². The van der Waals surface area contributed by atoms with Crippen molar-refractivity contribution < 1.29 is 9.84 Å². The Morgan fingerprint density at radius 1 is 1.32 bits per heavy atom. The van der Waals surface area contributed by atoms with Gasteiger partial charge in [0.15, 0.2) is 0 Å². The Bertz CT molecular complexity index is 748. The maximum Gasteiger partial charge on any atom is 0.119 e. The molecule has 1 saturated carbocycles. The molecule has 1 aromatic carbocycles. The Hall–Kier alpha value is -1.85. The fourth-order valence-corrected chi connectivity index (χ4v) is 5.13. The second-order valence-electron chi connectivity index (χ2n) is 8.56. The number of rotatable bonds is 8. The van der Waals surface area contributed by atoms with Gasteiger partial charge in [0.25, 0.3) is 0 Å². The molecule has 0 amide bonds. The van der Waals surface area contributed by atoms with Crippen molar-refractivity contribution >= 4 is 0 Å². The van der Waals surface area contributed by atoms with Gasteiger partial charge in [-0.1, -0.05) is 25.5 Å². The minimum Gasteiger partial charge on any atom is -0.494 e. The molecule has 28 heavy (non-hydrogen) atoms. The van der Waals surface area contributed by atoms with Gasteiger partial charge in [0.2, 0.25) is 0 Å². The average Bonchev–Trinajstić information content (AvgIpc) is 3.36. The summed E-state index contributed by atoms with van der Waals surface area (Å²) in [6.07, 6.45) is 10.9. The highest BCUT2D eigenvalue weighted by Crippen LogP contribution is 2.44. The lowest BCUT2D eigenvalue weighted by Gasteiger charge is -2.40. The second kappa shape index (κ2) is 8.66. The number of benzene rings is 1. The third-order valence-corrected chi connectivity index (χ3v) is 6.70. The van der Waals surface area contributed by atoms with E-state index in [-0.39, 0.29) is 0 Å². The van der Waals surface area contributed by atoms with E-state index in [1.165, 1.54) is 18.4 Å². The highest BCUT2D eigenvalue weighted by molar-refractivity contribution is 5.28. The number of fused-ring (bicyclic) bond motifs is 1. The van der Waals surface area contributed by atoms with E-state index in [2.05, 4.69) is 39.6 Å². The van der Waals surface area contributed by atoms with Gasteiger partial charge in [-0.25, -0.2) is 4.98 Å². The summed E-state index contributed by atoms with van der Waals surface area (Å²) in [6.45, 7) is 6.85. The quantitative estimate of drug-likeness (QED) is 0.706. The molecule has 2 aromatic rings. The Morgan fingerprint density at radius 3 is 3.07 bits per heavy atom. The summed E-state index contributed by atoms with van der Waals surface area (Å²) in [5, 5.41) is 11.0. The molecule has 0 spiro atoms. The zero-order valence-corrected chi connectivity index (χ0v) is 17.0. The van der Waals surface area contributed by atoms with E-state index >= 15 is 0 Å². The normalized spacial score (nSPS) is 27.6. The number of likely N-dealkylation sites (tertiary alicyclic amines) is 1. The largest absolute Gasteiger partial charge is 0.494 e. The monoisotopic (exact) mass is 383 g/mol. The highest BCUT2D eigenvalue weighted by Gasteiger charge is 2.47. The maximum atomic E-state index is 11.0. The summed E-state index contributed by atoms with van der Waals surface area (Å²) in [6, 6.07) is 8.49. The first-order valence-electron chi connectivity index (χ1n) is 10.8. The third kappa shape index (κ3) is 4.41. The lowest BCUT2D eigenvalue weighted by molar-refractivity contribution is -0.0613. The van der Waals surface area contributed by atoms with Gasteiger partial charge >= 0.3 is 0 Å². The van der Waals surface area contributed by atoms with Crippen LogP contribution in [-0.2, 0) is 13.1 Å². The van der Waals surface area contributed by atoms with Gasteiger partial charge in [0.05, 0.1) is 18.5 Å². The summed E-state index contributed by atoms with van der Waals surface area (Å²) < 4.78 is 8.04. The van der Waals surface area contributed by atoms with Gasteiger partial charge in [-0.15, -0.1) is 0 Å². The van der Waals surface area contributed by atoms with Crippen molar-refractivity contribution in [1.82, 2.24) is 14.5 Å². The van der Waals surface area contributed by atoms with Gasteiger partial charge in [-0.05, 0) is 49.3 Å². The molecule has 1 saturated heterocycles. The van der Waals surface area contributed by atoms with Crippen LogP contribution in [0.25, 0.3) is 0 Å². The summed E-state index contributed by atoms with van der Waals surface area (Å²) in [4.78, 5) is 6.59. The van der Waals surface area contributed by atoms with E-state index in [9.17, 15) is 5.11 Å². The number of hydrogen-bond acceptors (Lipinski definition) is 4. The Kier molecular flexibility index (Phi) is 6.02. The molecule has 3 atom stereocenters. The number of imidazole rings is 1. The lowest BCUT2D eigenvalue weighted by atomic mass is 9.69. The Balaban J connectivity index is 1.29. The molecular formula is C23H33N3O2. The topological polar surface area (TPSA) is 50.5 Å². The number of aliphatic hydroxyl groups is 1. The zero-order chi connectivity index (χ0) is 19.4. The number of hydrogen-bond donors (Lipinski definition) is 1. The smallest absolute Gasteiger partial charge is 0.119 e. The van der Waals surface area contributed by atoms with E-state index in [1.807, 2.05) is 18.6 Å². The maximum absolute atomic E-state index is 11.0. The molecule has 0 bridgehead atoms. The van der Waals surface area contributed by atoms with Crippen LogP contribution in [-0.4, -0.2) is 44.9 Å². The zero-order valence-electron chi connectivity index (χ0n) is 17.0. The molecule has 5 nitrogen and oxygen atoms in total. The van der Waals surface area contributed by atoms with Crippen LogP contribution in [0.2, 0.25) is 0 Å². The Morgan fingerprint density at radius 2 is 2.25 bits per heavy atom. The number of ether oxygens (including phenoxy) is 1. The van der Waals surface area contributed by atoms with Crippen LogP contribution < -0.4 is 4.74 Å². The van der Waals surface area contributed by atoms with E-state index in [1.54, 1.807) is 6.20 Å². The molecule has 5 heteroatoms. The molecule has 2 aliphatic rings. The molecule has 0 unspecified atom stereocenters. The van der Waals surface area contributed by atoms with Crippen LogP contribution in [0.3, 0.4) is 0 Å². The minimum absolute atomic E-state index is 0.439. The fraction of sp³-hybridized carbons (Fsp3) is 0.609. The Labute approximate surface area is 168 Å². The van der Waals surface area contributed by atoms with Crippen LogP contribution >= 0.6 is 0 Å². The van der Waals surface area contributed by atoms with Crippen molar-refractivity contribution in [2.75, 3.05) is 19.7 Å². The van der Waals surface area contributed by atoms with E-state index in [0.717, 1.165) is 51.2 Å². The summed E-state index contributed by atoms with van der Waals surface area (Å²) in [7, 11) is 0. The average molecular weight is 384 g/mol. The van der Waals surface area contributed by atoms with Crippen LogP contribution in [0.5, 0.6) is 5.75 Å². The SMILES string of the molecule is CC[C@]1(O)CCC[C@H]2CN(Cc3cccc(OCCCn4ccnc4)c3)C[C@H]21. The van der Waals surface area contributed by atoms with E-state index in [0.29, 0.717) is 18.4 Å². The molecule has 2 fully saturated rings. The standard InChI is InChI=1S/C23H33N3O2/c1-2-23(27)9-4-7-20-16-26(17-22(20)23)15-19-6-3-8-21(14-19)28-13-5-11-25-12-10-24-18-25/h3,6,8,10,12,14,18,20,22,27H,2,4-5,7,9,11,13,15-17H2,1H3/t20-,22+,23-/m0/s1. The van der Waals surface area contributed by atoms with E-state index < -0.39 is 5.60 Å². The first-order chi connectivity index (χ1) is 13.7. The van der Waals surface area contributed by atoms with Crippen LogP contribution in [0, 0.1) is 11.8 Å². The molecule has 1 aliphatic heterocycles. The molecule has 1 aromatic heterocycles. The summed E-state index contributed by atoms with van der Waals surface area (Å²) in [5.41, 5.74) is 0.850. The van der Waals surface area contributed by atoms with Crippen LogP contribution in [0.4, 0.5) is 0 Å². The van der Waals surface area contributed by atoms with Crippen molar-refractivity contribution in [2.45, 2.75) is 57.7 Å². The molecule has 1 aliphatic carbocycles. The first kappa shape index (κ1) is 19.5. The van der Waals surface area contributed by atoms with Crippen molar-refractivity contribution in [3.63, 3.8) is 0 Å².